The molecule has 0 atom stereocenters. The van der Waals surface area contributed by atoms with Crippen molar-refractivity contribution in [1.82, 2.24) is 14.9 Å². The largest absolute Gasteiger partial charge is 0.378 e. The van der Waals surface area contributed by atoms with Crippen LogP contribution >= 0.6 is 0 Å². The average molecular weight is 339 g/mol. The molecule has 1 aliphatic rings. The van der Waals surface area contributed by atoms with Gasteiger partial charge in [0.15, 0.2) is 0 Å². The van der Waals surface area contributed by atoms with Crippen LogP contribution in [-0.4, -0.2) is 48.0 Å². The van der Waals surface area contributed by atoms with Crippen molar-refractivity contribution in [2.24, 2.45) is 0 Å². The van der Waals surface area contributed by atoms with Gasteiger partial charge in [0, 0.05) is 44.6 Å². The van der Waals surface area contributed by atoms with Crippen molar-refractivity contribution in [1.29, 1.82) is 0 Å². The van der Waals surface area contributed by atoms with Crippen LogP contribution < -0.4 is 10.2 Å². The molecule has 1 amide bonds. The van der Waals surface area contributed by atoms with Crippen LogP contribution in [0.3, 0.4) is 0 Å². The lowest BCUT2D eigenvalue weighted by molar-refractivity contribution is 0.0755. The Balaban J connectivity index is 1.71. The number of rotatable bonds is 4. The van der Waals surface area contributed by atoms with Gasteiger partial charge in [-0.2, -0.15) is 0 Å². The van der Waals surface area contributed by atoms with Crippen molar-refractivity contribution in [3.63, 3.8) is 0 Å². The Kier molecular flexibility index (Phi) is 5.48. The number of hydrogen-bond donors (Lipinski definition) is 1. The monoisotopic (exact) mass is 339 g/mol. The van der Waals surface area contributed by atoms with E-state index in [1.807, 2.05) is 48.2 Å². The van der Waals surface area contributed by atoms with Crippen molar-refractivity contribution >= 4 is 23.1 Å². The first-order chi connectivity index (χ1) is 12.1. The molecule has 0 spiro atoms. The number of nitrogens with one attached hydrogen (secondary N) is 1. The first-order valence-electron chi connectivity index (χ1n) is 8.79. The van der Waals surface area contributed by atoms with E-state index in [2.05, 4.69) is 15.3 Å². The van der Waals surface area contributed by atoms with Crippen molar-refractivity contribution in [3.05, 3.63) is 42.4 Å². The van der Waals surface area contributed by atoms with Crippen LogP contribution in [0.5, 0.6) is 0 Å². The van der Waals surface area contributed by atoms with Crippen LogP contribution in [0, 0.1) is 0 Å². The van der Waals surface area contributed by atoms with E-state index in [-0.39, 0.29) is 5.91 Å². The number of benzene rings is 1. The molecule has 6 heteroatoms. The summed E-state index contributed by atoms with van der Waals surface area (Å²) in [5.74, 6) is 0.626. The predicted octanol–water partition coefficient (Wildman–Crippen LogP) is 3.30. The number of carbonyl (C=O) groups excluding carboxylic acids is 1. The maximum absolute atomic E-state index is 12.7. The Morgan fingerprint density at radius 1 is 1.04 bits per heavy atom. The summed E-state index contributed by atoms with van der Waals surface area (Å²) in [7, 11) is 4.02. The quantitative estimate of drug-likeness (QED) is 0.926. The highest BCUT2D eigenvalue weighted by Crippen LogP contribution is 2.20. The van der Waals surface area contributed by atoms with Crippen molar-refractivity contribution in [2.45, 2.75) is 25.7 Å². The van der Waals surface area contributed by atoms with E-state index in [1.165, 1.54) is 19.2 Å². The van der Waals surface area contributed by atoms with E-state index >= 15 is 0 Å². The highest BCUT2D eigenvalue weighted by atomic mass is 16.2. The second-order valence-corrected chi connectivity index (χ2v) is 6.56. The molecular formula is C19H25N5O. The molecule has 1 aromatic carbocycles. The zero-order valence-electron chi connectivity index (χ0n) is 14.9. The zero-order valence-corrected chi connectivity index (χ0v) is 14.9. The molecule has 0 saturated carbocycles. The fourth-order valence-electron chi connectivity index (χ4n) is 2.97. The van der Waals surface area contributed by atoms with Gasteiger partial charge in [0.1, 0.15) is 17.8 Å². The van der Waals surface area contributed by atoms with Gasteiger partial charge in [-0.1, -0.05) is 12.8 Å². The fourth-order valence-corrected chi connectivity index (χ4v) is 2.97. The summed E-state index contributed by atoms with van der Waals surface area (Å²) in [6.07, 6.45) is 5.98. The van der Waals surface area contributed by atoms with Gasteiger partial charge in [0.2, 0.25) is 0 Å². The highest BCUT2D eigenvalue weighted by Gasteiger charge is 2.18. The molecule has 1 saturated heterocycles. The molecule has 0 bridgehead atoms. The second-order valence-electron chi connectivity index (χ2n) is 6.56. The standard InChI is InChI=1S/C19H25N5O/c1-23(2)16-9-7-15(8-10-16)22-18-13-17(20-14-21-18)19(25)24-11-5-3-4-6-12-24/h7-10,13-14H,3-6,11-12H2,1-2H3,(H,20,21,22). The third kappa shape index (κ3) is 4.47. The molecule has 132 valence electrons. The molecule has 2 heterocycles. The van der Waals surface area contributed by atoms with Gasteiger partial charge in [-0.05, 0) is 37.1 Å². The fraction of sp³-hybridized carbons (Fsp3) is 0.421. The van der Waals surface area contributed by atoms with Gasteiger partial charge in [0.05, 0.1) is 0 Å². The van der Waals surface area contributed by atoms with Crippen LogP contribution in [0.1, 0.15) is 36.2 Å². The number of anilines is 3. The van der Waals surface area contributed by atoms with E-state index < -0.39 is 0 Å². The molecule has 25 heavy (non-hydrogen) atoms. The van der Waals surface area contributed by atoms with E-state index in [4.69, 9.17) is 0 Å². The lowest BCUT2D eigenvalue weighted by Crippen LogP contribution is -2.32. The lowest BCUT2D eigenvalue weighted by Gasteiger charge is -2.19. The van der Waals surface area contributed by atoms with Gasteiger partial charge in [-0.15, -0.1) is 0 Å². The Bertz CT molecular complexity index is 706. The van der Waals surface area contributed by atoms with E-state index in [9.17, 15) is 4.79 Å². The first-order valence-corrected chi connectivity index (χ1v) is 8.79. The number of likely N-dealkylation sites (tertiary alicyclic amines) is 1. The van der Waals surface area contributed by atoms with Gasteiger partial charge in [-0.3, -0.25) is 4.79 Å². The van der Waals surface area contributed by atoms with Crippen LogP contribution in [0.4, 0.5) is 17.2 Å². The van der Waals surface area contributed by atoms with Gasteiger partial charge >= 0.3 is 0 Å². The number of amides is 1. The highest BCUT2D eigenvalue weighted by molar-refractivity contribution is 5.93. The lowest BCUT2D eigenvalue weighted by atomic mass is 10.2. The summed E-state index contributed by atoms with van der Waals surface area (Å²) in [4.78, 5) is 25.0. The van der Waals surface area contributed by atoms with Gasteiger partial charge < -0.3 is 15.1 Å². The van der Waals surface area contributed by atoms with E-state index in [0.29, 0.717) is 11.5 Å². The normalized spacial score (nSPS) is 14.7. The molecule has 0 radical (unpaired) electrons. The number of carbonyl (C=O) groups is 1. The molecule has 2 aromatic rings. The summed E-state index contributed by atoms with van der Waals surface area (Å²) in [5, 5.41) is 3.24. The topological polar surface area (TPSA) is 61.4 Å². The minimum Gasteiger partial charge on any atom is -0.378 e. The summed E-state index contributed by atoms with van der Waals surface area (Å²) < 4.78 is 0. The molecule has 0 aliphatic carbocycles. The van der Waals surface area contributed by atoms with E-state index in [1.54, 1.807) is 6.07 Å². The molecule has 3 rings (SSSR count). The third-order valence-corrected chi connectivity index (χ3v) is 4.44. The minimum atomic E-state index is -0.00435. The minimum absolute atomic E-state index is 0.00435. The number of hydrogen-bond acceptors (Lipinski definition) is 5. The molecule has 1 aromatic heterocycles. The third-order valence-electron chi connectivity index (χ3n) is 4.44. The summed E-state index contributed by atoms with van der Waals surface area (Å²) in [5.41, 5.74) is 2.51. The zero-order chi connectivity index (χ0) is 17.6. The average Bonchev–Trinajstić information content (AvgIpc) is 2.91. The van der Waals surface area contributed by atoms with Crippen LogP contribution in [-0.2, 0) is 0 Å². The first kappa shape index (κ1) is 17.2. The van der Waals surface area contributed by atoms with Crippen molar-refractivity contribution in [2.75, 3.05) is 37.4 Å². The summed E-state index contributed by atoms with van der Waals surface area (Å²) in [6.45, 7) is 1.63. The Morgan fingerprint density at radius 3 is 2.36 bits per heavy atom. The molecule has 6 nitrogen and oxygen atoms in total. The number of nitrogens with zero attached hydrogens (tertiary/aromatic N) is 4. The molecule has 1 aliphatic heterocycles. The second kappa shape index (κ2) is 7.96. The molecule has 0 unspecified atom stereocenters. The van der Waals surface area contributed by atoms with Crippen LogP contribution in [0.2, 0.25) is 0 Å². The Morgan fingerprint density at radius 2 is 1.72 bits per heavy atom. The number of aromatic nitrogens is 2. The Hall–Kier alpha value is -2.63. The molecule has 1 N–H and O–H groups in total. The molecular weight excluding hydrogens is 314 g/mol. The summed E-state index contributed by atoms with van der Waals surface area (Å²) >= 11 is 0. The maximum atomic E-state index is 12.7. The summed E-state index contributed by atoms with van der Waals surface area (Å²) in [6, 6.07) is 9.79. The molecule has 1 fully saturated rings. The van der Waals surface area contributed by atoms with Gasteiger partial charge in [-0.25, -0.2) is 9.97 Å². The van der Waals surface area contributed by atoms with Crippen molar-refractivity contribution < 1.29 is 4.79 Å². The SMILES string of the molecule is CN(C)c1ccc(Nc2cc(C(=O)N3CCCCCC3)ncn2)cc1. The van der Waals surface area contributed by atoms with Gasteiger partial charge in [0.25, 0.3) is 5.91 Å². The smallest absolute Gasteiger partial charge is 0.272 e. The maximum Gasteiger partial charge on any atom is 0.272 e. The van der Waals surface area contributed by atoms with Crippen LogP contribution in [0.15, 0.2) is 36.7 Å². The predicted molar refractivity (Wildman–Crippen MR) is 100 cm³/mol. The van der Waals surface area contributed by atoms with E-state index in [0.717, 1.165) is 37.3 Å². The van der Waals surface area contributed by atoms with Crippen LogP contribution in [0.25, 0.3) is 0 Å². The Labute approximate surface area is 148 Å². The van der Waals surface area contributed by atoms with Crippen molar-refractivity contribution in [3.8, 4) is 0 Å².